The SMILES string of the molecule is CCCNC(C)C1CCCN(c2ccnc(OC)c2)C1. The summed E-state index contributed by atoms with van der Waals surface area (Å²) in [5.41, 5.74) is 1.23. The Hall–Kier alpha value is -1.29. The highest BCUT2D eigenvalue weighted by Crippen LogP contribution is 2.26. The lowest BCUT2D eigenvalue weighted by Crippen LogP contribution is -2.44. The van der Waals surface area contributed by atoms with Gasteiger partial charge in [-0.3, -0.25) is 0 Å². The highest BCUT2D eigenvalue weighted by atomic mass is 16.5. The fourth-order valence-electron chi connectivity index (χ4n) is 2.90. The highest BCUT2D eigenvalue weighted by molar-refractivity contribution is 5.48. The molecule has 1 aliphatic heterocycles. The van der Waals surface area contributed by atoms with Gasteiger partial charge in [-0.1, -0.05) is 6.92 Å². The maximum atomic E-state index is 5.22. The van der Waals surface area contributed by atoms with Crippen molar-refractivity contribution in [3.05, 3.63) is 18.3 Å². The van der Waals surface area contributed by atoms with Crippen LogP contribution in [0.4, 0.5) is 5.69 Å². The van der Waals surface area contributed by atoms with Gasteiger partial charge in [0.2, 0.25) is 5.88 Å². The predicted octanol–water partition coefficient (Wildman–Crippen LogP) is 2.69. The average Bonchev–Trinajstić information content (AvgIpc) is 2.52. The maximum Gasteiger partial charge on any atom is 0.214 e. The molecule has 0 aromatic carbocycles. The van der Waals surface area contributed by atoms with Gasteiger partial charge in [0.05, 0.1) is 7.11 Å². The van der Waals surface area contributed by atoms with Crippen LogP contribution in [0, 0.1) is 5.92 Å². The summed E-state index contributed by atoms with van der Waals surface area (Å²) in [4.78, 5) is 6.65. The average molecular weight is 277 g/mol. The molecular formula is C16H27N3O. The van der Waals surface area contributed by atoms with Crippen LogP contribution in [-0.2, 0) is 0 Å². The molecule has 1 saturated heterocycles. The number of hydrogen-bond donors (Lipinski definition) is 1. The summed E-state index contributed by atoms with van der Waals surface area (Å²) >= 11 is 0. The Morgan fingerprint density at radius 3 is 3.15 bits per heavy atom. The van der Waals surface area contributed by atoms with Crippen molar-refractivity contribution in [2.45, 2.75) is 39.2 Å². The second kappa shape index (κ2) is 7.48. The van der Waals surface area contributed by atoms with Crippen LogP contribution in [0.3, 0.4) is 0 Å². The first-order chi connectivity index (χ1) is 9.74. The molecule has 0 bridgehead atoms. The quantitative estimate of drug-likeness (QED) is 0.867. The molecule has 1 fully saturated rings. The largest absolute Gasteiger partial charge is 0.481 e. The van der Waals surface area contributed by atoms with Crippen molar-refractivity contribution in [2.24, 2.45) is 5.92 Å². The molecule has 2 heterocycles. The first kappa shape index (κ1) is 15.1. The standard InChI is InChI=1S/C16H27N3O/c1-4-8-17-13(2)14-6-5-10-19(12-14)15-7-9-18-16(11-15)20-3/h7,9,11,13-14,17H,4-6,8,10,12H2,1-3H3. The number of ether oxygens (including phenoxy) is 1. The van der Waals surface area contributed by atoms with Crippen molar-refractivity contribution in [2.75, 3.05) is 31.6 Å². The van der Waals surface area contributed by atoms with Crippen molar-refractivity contribution < 1.29 is 4.74 Å². The molecule has 0 saturated carbocycles. The molecule has 0 radical (unpaired) electrons. The molecule has 0 aliphatic carbocycles. The van der Waals surface area contributed by atoms with Gasteiger partial charge in [0, 0.05) is 37.1 Å². The van der Waals surface area contributed by atoms with E-state index in [0.29, 0.717) is 11.9 Å². The number of methoxy groups -OCH3 is 1. The van der Waals surface area contributed by atoms with Gasteiger partial charge in [0.15, 0.2) is 0 Å². The fraction of sp³-hybridized carbons (Fsp3) is 0.688. The molecule has 1 aliphatic rings. The minimum Gasteiger partial charge on any atom is -0.481 e. The number of hydrogen-bond acceptors (Lipinski definition) is 4. The van der Waals surface area contributed by atoms with Crippen LogP contribution >= 0.6 is 0 Å². The van der Waals surface area contributed by atoms with E-state index < -0.39 is 0 Å². The summed E-state index contributed by atoms with van der Waals surface area (Å²) in [6.07, 6.45) is 5.60. The Labute approximate surface area is 122 Å². The topological polar surface area (TPSA) is 37.4 Å². The molecule has 20 heavy (non-hydrogen) atoms. The van der Waals surface area contributed by atoms with Crippen LogP contribution in [-0.4, -0.2) is 37.8 Å². The third-order valence-corrected chi connectivity index (χ3v) is 4.17. The van der Waals surface area contributed by atoms with Crippen molar-refractivity contribution >= 4 is 5.69 Å². The molecule has 1 aromatic heterocycles. The lowest BCUT2D eigenvalue weighted by molar-refractivity contribution is 0.320. The van der Waals surface area contributed by atoms with Crippen LogP contribution in [0.1, 0.15) is 33.1 Å². The van der Waals surface area contributed by atoms with Crippen LogP contribution in [0.5, 0.6) is 5.88 Å². The third kappa shape index (κ3) is 3.85. The van der Waals surface area contributed by atoms with Gasteiger partial charge in [-0.15, -0.1) is 0 Å². The van der Waals surface area contributed by atoms with E-state index in [1.54, 1.807) is 7.11 Å². The van der Waals surface area contributed by atoms with Crippen molar-refractivity contribution in [1.29, 1.82) is 0 Å². The molecular weight excluding hydrogens is 250 g/mol. The van der Waals surface area contributed by atoms with E-state index in [1.165, 1.54) is 24.9 Å². The van der Waals surface area contributed by atoms with E-state index in [4.69, 9.17) is 4.74 Å². The molecule has 2 unspecified atom stereocenters. The van der Waals surface area contributed by atoms with Gasteiger partial charge in [0.25, 0.3) is 0 Å². The zero-order valence-electron chi connectivity index (χ0n) is 12.9. The van der Waals surface area contributed by atoms with Crippen molar-refractivity contribution in [3.8, 4) is 5.88 Å². The summed E-state index contributed by atoms with van der Waals surface area (Å²) in [5, 5.41) is 3.63. The molecule has 4 heteroatoms. The lowest BCUT2D eigenvalue weighted by Gasteiger charge is -2.37. The van der Waals surface area contributed by atoms with Crippen molar-refractivity contribution in [3.63, 3.8) is 0 Å². The van der Waals surface area contributed by atoms with E-state index >= 15 is 0 Å². The Kier molecular flexibility index (Phi) is 5.65. The van der Waals surface area contributed by atoms with E-state index in [2.05, 4.69) is 35.1 Å². The third-order valence-electron chi connectivity index (χ3n) is 4.17. The summed E-state index contributed by atoms with van der Waals surface area (Å²) in [5.74, 6) is 1.41. The summed E-state index contributed by atoms with van der Waals surface area (Å²) < 4.78 is 5.22. The summed E-state index contributed by atoms with van der Waals surface area (Å²) in [6, 6.07) is 4.70. The molecule has 4 nitrogen and oxygen atoms in total. The number of nitrogens with zero attached hydrogens (tertiary/aromatic N) is 2. The first-order valence-electron chi connectivity index (χ1n) is 7.73. The number of pyridine rings is 1. The number of nitrogens with one attached hydrogen (secondary N) is 1. The molecule has 0 spiro atoms. The summed E-state index contributed by atoms with van der Waals surface area (Å²) in [6.45, 7) is 7.89. The monoisotopic (exact) mass is 277 g/mol. The van der Waals surface area contributed by atoms with Gasteiger partial charge in [-0.05, 0) is 44.7 Å². The normalized spacial score (nSPS) is 20.8. The Morgan fingerprint density at radius 2 is 2.40 bits per heavy atom. The minimum absolute atomic E-state index is 0.585. The van der Waals surface area contributed by atoms with Gasteiger partial charge < -0.3 is 15.0 Å². The second-order valence-corrected chi connectivity index (χ2v) is 5.65. The van der Waals surface area contributed by atoms with Gasteiger partial charge in [0.1, 0.15) is 0 Å². The Bertz CT molecular complexity index is 410. The maximum absolute atomic E-state index is 5.22. The zero-order chi connectivity index (χ0) is 14.4. The van der Waals surface area contributed by atoms with Crippen LogP contribution < -0.4 is 15.0 Å². The Balaban J connectivity index is 1.98. The van der Waals surface area contributed by atoms with Crippen LogP contribution in [0.2, 0.25) is 0 Å². The molecule has 0 amide bonds. The van der Waals surface area contributed by atoms with E-state index in [0.717, 1.165) is 25.6 Å². The summed E-state index contributed by atoms with van der Waals surface area (Å²) in [7, 11) is 1.67. The predicted molar refractivity (Wildman–Crippen MR) is 83.5 cm³/mol. The molecule has 112 valence electrons. The van der Waals surface area contributed by atoms with Gasteiger partial charge in [-0.25, -0.2) is 4.98 Å². The zero-order valence-corrected chi connectivity index (χ0v) is 12.9. The highest BCUT2D eigenvalue weighted by Gasteiger charge is 2.24. The molecule has 2 rings (SSSR count). The van der Waals surface area contributed by atoms with Crippen molar-refractivity contribution in [1.82, 2.24) is 10.3 Å². The van der Waals surface area contributed by atoms with Gasteiger partial charge in [-0.2, -0.15) is 0 Å². The van der Waals surface area contributed by atoms with Crippen LogP contribution in [0.25, 0.3) is 0 Å². The van der Waals surface area contributed by atoms with E-state index in [9.17, 15) is 0 Å². The lowest BCUT2D eigenvalue weighted by atomic mass is 9.91. The van der Waals surface area contributed by atoms with E-state index in [-0.39, 0.29) is 0 Å². The Morgan fingerprint density at radius 1 is 1.55 bits per heavy atom. The van der Waals surface area contributed by atoms with E-state index in [1.807, 2.05) is 12.3 Å². The molecule has 1 aromatic rings. The number of anilines is 1. The number of rotatable bonds is 6. The first-order valence-corrected chi connectivity index (χ1v) is 7.73. The second-order valence-electron chi connectivity index (χ2n) is 5.65. The molecule has 2 atom stereocenters. The fourth-order valence-corrected chi connectivity index (χ4v) is 2.90. The van der Waals surface area contributed by atoms with Gasteiger partial charge >= 0.3 is 0 Å². The van der Waals surface area contributed by atoms with Crippen LogP contribution in [0.15, 0.2) is 18.3 Å². The number of aromatic nitrogens is 1. The smallest absolute Gasteiger partial charge is 0.214 e. The molecule has 1 N–H and O–H groups in total. The minimum atomic E-state index is 0.585. The number of piperidine rings is 1.